The van der Waals surface area contributed by atoms with E-state index in [0.717, 1.165) is 18.4 Å². The molecule has 33 heavy (non-hydrogen) atoms. The minimum Gasteiger partial charge on any atom is -0.341 e. The molecule has 0 bridgehead atoms. The molecule has 0 N–H and O–H groups in total. The first-order valence-corrected chi connectivity index (χ1v) is 12.8. The Labute approximate surface area is 195 Å². The van der Waals surface area contributed by atoms with E-state index in [-0.39, 0.29) is 17.3 Å². The van der Waals surface area contributed by atoms with Gasteiger partial charge in [0.05, 0.1) is 10.5 Å². The molecule has 0 atom stereocenters. The molecular weight excluding hydrogens is 441 g/mol. The van der Waals surface area contributed by atoms with E-state index in [4.69, 9.17) is 4.52 Å². The average molecular weight is 472 g/mol. The first-order valence-electron chi connectivity index (χ1n) is 11.4. The van der Waals surface area contributed by atoms with Gasteiger partial charge in [0.25, 0.3) is 0 Å². The zero-order valence-corrected chi connectivity index (χ0v) is 20.1. The molecule has 176 valence electrons. The summed E-state index contributed by atoms with van der Waals surface area (Å²) in [5, 5.41) is 4.29. The van der Waals surface area contributed by atoms with Crippen LogP contribution in [0.2, 0.25) is 0 Å². The Morgan fingerprint density at radius 2 is 1.67 bits per heavy atom. The Bertz CT molecular complexity index is 1180. The third-order valence-corrected chi connectivity index (χ3v) is 7.91. The lowest BCUT2D eigenvalue weighted by atomic mass is 10.1. The molecule has 1 aromatic heterocycles. The number of hydrogen-bond donors (Lipinski definition) is 0. The Balaban J connectivity index is 1.78. The molecule has 0 radical (unpaired) electrons. The molecule has 2 aromatic carbocycles. The molecule has 8 heteroatoms. The lowest BCUT2D eigenvalue weighted by molar-refractivity contribution is 0.386. The summed E-state index contributed by atoms with van der Waals surface area (Å²) in [7, 11) is -3.73. The standard InChI is InChI=1S/C25H30FN3O3S/c1-4-28(5-2)25-23(24(27-32-25)20-10-12-21(26)13-11-20)17-29(16-19-8-9-19)33(30,31)22-14-6-18(3)7-15-22/h6-7,10-15,19H,4-5,8-9,16-17H2,1-3H3. The fraction of sp³-hybridized carbons (Fsp3) is 0.400. The monoisotopic (exact) mass is 471 g/mol. The molecule has 0 saturated heterocycles. The number of aromatic nitrogens is 1. The van der Waals surface area contributed by atoms with Crippen LogP contribution in [0, 0.1) is 18.7 Å². The van der Waals surface area contributed by atoms with E-state index < -0.39 is 10.0 Å². The van der Waals surface area contributed by atoms with Crippen LogP contribution in [0.25, 0.3) is 11.3 Å². The molecule has 4 rings (SSSR count). The molecule has 1 aliphatic carbocycles. The maximum absolute atomic E-state index is 13.7. The summed E-state index contributed by atoms with van der Waals surface area (Å²) in [5.41, 5.74) is 2.93. The molecule has 0 unspecified atom stereocenters. The van der Waals surface area contributed by atoms with Gasteiger partial charge in [0, 0.05) is 31.7 Å². The topological polar surface area (TPSA) is 66.7 Å². The second kappa shape index (κ2) is 9.65. The Kier molecular flexibility index (Phi) is 6.86. The molecule has 1 heterocycles. The summed E-state index contributed by atoms with van der Waals surface area (Å²) in [4.78, 5) is 2.29. The summed E-state index contributed by atoms with van der Waals surface area (Å²) in [5.74, 6) is 0.570. The summed E-state index contributed by atoms with van der Waals surface area (Å²) in [6.07, 6.45) is 2.05. The van der Waals surface area contributed by atoms with Crippen LogP contribution in [0.1, 0.15) is 37.8 Å². The van der Waals surface area contributed by atoms with Gasteiger partial charge in [-0.3, -0.25) is 0 Å². The largest absolute Gasteiger partial charge is 0.341 e. The SMILES string of the molecule is CCN(CC)c1onc(-c2ccc(F)cc2)c1CN(CC1CC1)S(=O)(=O)c1ccc(C)cc1. The number of hydrogen-bond acceptors (Lipinski definition) is 5. The first-order chi connectivity index (χ1) is 15.8. The third-order valence-electron chi connectivity index (χ3n) is 6.09. The fourth-order valence-corrected chi connectivity index (χ4v) is 5.39. The average Bonchev–Trinajstić information content (AvgIpc) is 3.54. The summed E-state index contributed by atoms with van der Waals surface area (Å²) < 4.78 is 48.1. The van der Waals surface area contributed by atoms with Crippen molar-refractivity contribution in [2.24, 2.45) is 5.92 Å². The zero-order chi connectivity index (χ0) is 23.6. The number of nitrogens with zero attached hydrogens (tertiary/aromatic N) is 3. The van der Waals surface area contributed by atoms with Gasteiger partial charge < -0.3 is 9.42 Å². The van der Waals surface area contributed by atoms with Crippen molar-refractivity contribution in [3.63, 3.8) is 0 Å². The fourth-order valence-electron chi connectivity index (χ4n) is 3.91. The van der Waals surface area contributed by atoms with Gasteiger partial charge in [-0.25, -0.2) is 12.8 Å². The van der Waals surface area contributed by atoms with Crippen LogP contribution in [0.5, 0.6) is 0 Å². The molecule has 1 fully saturated rings. The number of benzene rings is 2. The summed E-state index contributed by atoms with van der Waals surface area (Å²) in [6.45, 7) is 7.91. The van der Waals surface area contributed by atoms with Gasteiger partial charge in [-0.2, -0.15) is 4.31 Å². The van der Waals surface area contributed by atoms with Crippen LogP contribution in [0.15, 0.2) is 57.9 Å². The second-order valence-electron chi connectivity index (χ2n) is 8.55. The van der Waals surface area contributed by atoms with Gasteiger partial charge in [-0.15, -0.1) is 0 Å². The van der Waals surface area contributed by atoms with E-state index in [2.05, 4.69) is 5.16 Å². The first kappa shape index (κ1) is 23.4. The smallest absolute Gasteiger partial charge is 0.243 e. The van der Waals surface area contributed by atoms with Crippen molar-refractivity contribution in [1.29, 1.82) is 0 Å². The molecule has 0 spiro atoms. The summed E-state index contributed by atoms with van der Waals surface area (Å²) >= 11 is 0. The number of sulfonamides is 1. The minimum atomic E-state index is -3.73. The number of aryl methyl sites for hydroxylation is 1. The van der Waals surface area contributed by atoms with Crippen molar-refractivity contribution in [2.75, 3.05) is 24.5 Å². The normalized spacial score (nSPS) is 14.1. The lowest BCUT2D eigenvalue weighted by Crippen LogP contribution is -2.33. The van der Waals surface area contributed by atoms with Crippen molar-refractivity contribution < 1.29 is 17.3 Å². The highest BCUT2D eigenvalue weighted by molar-refractivity contribution is 7.89. The molecule has 0 aliphatic heterocycles. The van der Waals surface area contributed by atoms with E-state index >= 15 is 0 Å². The van der Waals surface area contributed by atoms with E-state index in [9.17, 15) is 12.8 Å². The van der Waals surface area contributed by atoms with Crippen LogP contribution < -0.4 is 4.90 Å². The Hall–Kier alpha value is -2.71. The van der Waals surface area contributed by atoms with E-state index in [1.54, 1.807) is 28.6 Å². The molecule has 1 saturated carbocycles. The van der Waals surface area contributed by atoms with E-state index in [0.29, 0.717) is 48.3 Å². The van der Waals surface area contributed by atoms with E-state index in [1.165, 1.54) is 12.1 Å². The number of anilines is 1. The van der Waals surface area contributed by atoms with Gasteiger partial charge in [-0.05, 0) is 75.9 Å². The minimum absolute atomic E-state index is 0.134. The zero-order valence-electron chi connectivity index (χ0n) is 19.3. The lowest BCUT2D eigenvalue weighted by Gasteiger charge is -2.24. The highest BCUT2D eigenvalue weighted by Gasteiger charge is 2.34. The molecule has 3 aromatic rings. The maximum Gasteiger partial charge on any atom is 0.243 e. The van der Waals surface area contributed by atoms with Crippen LogP contribution in [-0.2, 0) is 16.6 Å². The van der Waals surface area contributed by atoms with Gasteiger partial charge in [0.2, 0.25) is 15.9 Å². The van der Waals surface area contributed by atoms with Crippen molar-refractivity contribution in [2.45, 2.75) is 45.1 Å². The van der Waals surface area contributed by atoms with Crippen molar-refractivity contribution in [3.05, 3.63) is 65.5 Å². The second-order valence-corrected chi connectivity index (χ2v) is 10.5. The van der Waals surface area contributed by atoms with Gasteiger partial charge in [0.15, 0.2) is 0 Å². The maximum atomic E-state index is 13.7. The van der Waals surface area contributed by atoms with Crippen LogP contribution in [0.3, 0.4) is 0 Å². The molecule has 1 aliphatic rings. The molecule has 6 nitrogen and oxygen atoms in total. The van der Waals surface area contributed by atoms with Crippen LogP contribution in [0.4, 0.5) is 10.3 Å². The number of rotatable bonds is 10. The highest BCUT2D eigenvalue weighted by atomic mass is 32.2. The van der Waals surface area contributed by atoms with Gasteiger partial charge >= 0.3 is 0 Å². The molecular formula is C25H30FN3O3S. The van der Waals surface area contributed by atoms with Crippen LogP contribution >= 0.6 is 0 Å². The van der Waals surface area contributed by atoms with Crippen molar-refractivity contribution in [3.8, 4) is 11.3 Å². The Morgan fingerprint density at radius 3 is 2.24 bits per heavy atom. The van der Waals surface area contributed by atoms with Crippen molar-refractivity contribution in [1.82, 2.24) is 9.46 Å². The predicted molar refractivity (Wildman–Crippen MR) is 127 cm³/mol. The highest BCUT2D eigenvalue weighted by Crippen LogP contribution is 2.37. The number of halogens is 1. The molecule has 0 amide bonds. The van der Waals surface area contributed by atoms with E-state index in [1.807, 2.05) is 37.8 Å². The van der Waals surface area contributed by atoms with Crippen LogP contribution in [-0.4, -0.2) is 37.5 Å². The van der Waals surface area contributed by atoms with Crippen molar-refractivity contribution >= 4 is 15.9 Å². The third kappa shape index (κ3) is 5.12. The van der Waals surface area contributed by atoms with Gasteiger partial charge in [-0.1, -0.05) is 22.9 Å². The van der Waals surface area contributed by atoms with Gasteiger partial charge in [0.1, 0.15) is 11.5 Å². The quantitative estimate of drug-likeness (QED) is 0.405. The summed E-state index contributed by atoms with van der Waals surface area (Å²) in [6, 6.07) is 13.0. The predicted octanol–water partition coefficient (Wildman–Crippen LogP) is 5.24. The Morgan fingerprint density at radius 1 is 1.03 bits per heavy atom.